The maximum absolute atomic E-state index is 11.7. The van der Waals surface area contributed by atoms with E-state index in [2.05, 4.69) is 9.47 Å². The van der Waals surface area contributed by atoms with Crippen molar-refractivity contribution in [2.45, 2.75) is 23.6 Å². The second-order valence-electron chi connectivity index (χ2n) is 6.45. The van der Waals surface area contributed by atoms with Crippen LogP contribution in [0.2, 0.25) is 0 Å². The second-order valence-corrected chi connectivity index (χ2v) is 10.4. The monoisotopic (exact) mass is 516 g/mol. The number of anilines is 1. The number of ether oxygens (including phenoxy) is 2. The van der Waals surface area contributed by atoms with Crippen molar-refractivity contribution in [3.63, 3.8) is 0 Å². The van der Waals surface area contributed by atoms with Gasteiger partial charge < -0.3 is 15.2 Å². The van der Waals surface area contributed by atoms with E-state index in [1.54, 1.807) is 13.8 Å². The number of nitrogen functional groups attached to an aromatic ring is 1. The lowest BCUT2D eigenvalue weighted by Gasteiger charge is -2.04. The number of benzene rings is 2. The van der Waals surface area contributed by atoms with Crippen molar-refractivity contribution in [1.82, 2.24) is 0 Å². The van der Waals surface area contributed by atoms with Crippen LogP contribution in [-0.4, -0.2) is 58.4 Å². The van der Waals surface area contributed by atoms with Gasteiger partial charge in [0.15, 0.2) is 31.2 Å². The first-order chi connectivity index (χ1) is 15.8. The molecule has 0 aliphatic rings. The first-order valence-corrected chi connectivity index (χ1v) is 13.0. The number of esters is 2. The second kappa shape index (κ2) is 12.6. The molecule has 0 amide bonds. The zero-order valence-corrected chi connectivity index (χ0v) is 20.0. The normalized spacial score (nSPS) is 11.0. The molecule has 0 saturated carbocycles. The molecule has 0 bridgehead atoms. The lowest BCUT2D eigenvalue weighted by atomic mass is 10.3. The number of carbonyl (C=O) groups is 2. The highest BCUT2D eigenvalue weighted by Gasteiger charge is 2.21. The topological polar surface area (TPSA) is 190 Å². The summed E-state index contributed by atoms with van der Waals surface area (Å²) in [4.78, 5) is 31.9. The van der Waals surface area contributed by atoms with E-state index in [0.717, 1.165) is 24.3 Å². The van der Waals surface area contributed by atoms with Crippen molar-refractivity contribution in [3.8, 4) is 0 Å². The average molecular weight is 517 g/mol. The summed E-state index contributed by atoms with van der Waals surface area (Å²) in [7, 11) is -7.45. The maximum Gasteiger partial charge on any atom is 0.321 e. The van der Waals surface area contributed by atoms with Gasteiger partial charge in [0.25, 0.3) is 5.69 Å². The van der Waals surface area contributed by atoms with E-state index in [0.29, 0.717) is 5.69 Å². The van der Waals surface area contributed by atoms with Crippen LogP contribution in [0.1, 0.15) is 13.8 Å². The van der Waals surface area contributed by atoms with E-state index < -0.39 is 48.0 Å². The Balaban J connectivity index is 0.000000342. The summed E-state index contributed by atoms with van der Waals surface area (Å²) in [6.45, 7) is 3.44. The minimum Gasteiger partial charge on any atom is -0.465 e. The van der Waals surface area contributed by atoms with Crippen LogP contribution in [0, 0.1) is 10.1 Å². The van der Waals surface area contributed by atoms with Gasteiger partial charge in [-0.15, -0.1) is 0 Å². The summed E-state index contributed by atoms with van der Waals surface area (Å²) in [5.74, 6) is -3.03. The Hall–Kier alpha value is -3.52. The smallest absolute Gasteiger partial charge is 0.321 e. The number of non-ortho nitro benzene ring substituents is 1. The zero-order chi connectivity index (χ0) is 25.9. The zero-order valence-electron chi connectivity index (χ0n) is 18.4. The molecule has 34 heavy (non-hydrogen) atoms. The highest BCUT2D eigenvalue weighted by atomic mass is 32.2. The third-order valence-electron chi connectivity index (χ3n) is 3.87. The van der Waals surface area contributed by atoms with Crippen LogP contribution in [0.5, 0.6) is 0 Å². The van der Waals surface area contributed by atoms with Crippen LogP contribution in [0.3, 0.4) is 0 Å². The van der Waals surface area contributed by atoms with E-state index in [1.165, 1.54) is 24.3 Å². The molecule has 0 aliphatic heterocycles. The fraction of sp³-hybridized carbons (Fsp3) is 0.300. The highest BCUT2D eigenvalue weighted by Crippen LogP contribution is 2.17. The Morgan fingerprint density at radius 2 is 1.15 bits per heavy atom. The molecule has 186 valence electrons. The summed E-state index contributed by atoms with van der Waals surface area (Å²) in [5.41, 5.74) is 5.68. The predicted molar refractivity (Wildman–Crippen MR) is 121 cm³/mol. The molecule has 2 rings (SSSR count). The highest BCUT2D eigenvalue weighted by molar-refractivity contribution is 7.92. The summed E-state index contributed by atoms with van der Waals surface area (Å²) in [5, 5.41) is 10.4. The molecule has 0 fully saturated rings. The molecular weight excluding hydrogens is 492 g/mol. The molecule has 0 spiro atoms. The van der Waals surface area contributed by atoms with Gasteiger partial charge in [-0.05, 0) is 50.2 Å². The molecule has 14 heteroatoms. The lowest BCUT2D eigenvalue weighted by Crippen LogP contribution is -2.18. The quantitative estimate of drug-likeness (QED) is 0.220. The Bertz CT molecular complexity index is 1210. The van der Waals surface area contributed by atoms with E-state index in [-0.39, 0.29) is 28.7 Å². The van der Waals surface area contributed by atoms with Gasteiger partial charge >= 0.3 is 11.9 Å². The van der Waals surface area contributed by atoms with Gasteiger partial charge in [-0.3, -0.25) is 19.7 Å². The van der Waals surface area contributed by atoms with E-state index >= 15 is 0 Å². The Morgan fingerprint density at radius 1 is 0.794 bits per heavy atom. The van der Waals surface area contributed by atoms with Crippen LogP contribution in [0.15, 0.2) is 58.3 Å². The molecule has 0 aliphatic carbocycles. The molecule has 0 atom stereocenters. The van der Waals surface area contributed by atoms with Crippen molar-refractivity contribution in [3.05, 3.63) is 58.6 Å². The number of rotatable bonds is 9. The Kier molecular flexibility index (Phi) is 10.6. The summed E-state index contributed by atoms with van der Waals surface area (Å²) < 4.78 is 55.9. The van der Waals surface area contributed by atoms with Crippen LogP contribution < -0.4 is 5.73 Å². The average Bonchev–Trinajstić information content (AvgIpc) is 2.74. The van der Waals surface area contributed by atoms with Crippen LogP contribution in [-0.2, 0) is 38.7 Å². The molecule has 0 unspecified atom stereocenters. The van der Waals surface area contributed by atoms with Crippen molar-refractivity contribution in [2.24, 2.45) is 0 Å². The number of nitro groups is 1. The van der Waals surface area contributed by atoms with Crippen molar-refractivity contribution in [2.75, 3.05) is 30.5 Å². The van der Waals surface area contributed by atoms with Crippen molar-refractivity contribution >= 4 is 43.0 Å². The number of nitrogens with zero attached hydrogens (tertiary/aromatic N) is 1. The first kappa shape index (κ1) is 28.5. The van der Waals surface area contributed by atoms with Gasteiger partial charge in [-0.1, -0.05) is 0 Å². The number of hydrogen-bond acceptors (Lipinski definition) is 11. The third-order valence-corrected chi connectivity index (χ3v) is 7.08. The molecular formula is C20H24N2O10S2. The summed E-state index contributed by atoms with van der Waals surface area (Å²) >= 11 is 0. The predicted octanol–water partition coefficient (Wildman–Crippen LogP) is 1.54. The van der Waals surface area contributed by atoms with Gasteiger partial charge in [0.1, 0.15) is 0 Å². The summed E-state index contributed by atoms with van der Waals surface area (Å²) in [6.07, 6.45) is 0. The first-order valence-electron chi connectivity index (χ1n) is 9.69. The molecule has 2 N–H and O–H groups in total. The molecule has 2 aromatic rings. The molecule has 12 nitrogen and oxygen atoms in total. The van der Waals surface area contributed by atoms with E-state index in [1.807, 2.05) is 0 Å². The number of carbonyl (C=O) groups excluding carboxylic acids is 2. The Labute approximate surface area is 196 Å². The molecule has 2 aromatic carbocycles. The molecule has 0 aromatic heterocycles. The standard InChI is InChI=1S/C10H11NO6S.C10H13NO4S/c1-2-17-10(12)7-18(15,16)9-5-3-8(4-6-9)11(13)14;1-2-15-10(12)7-16(13,14)9-5-3-8(11)4-6-9/h3-6H,2,7H2,1H3;3-6H,2,7,11H2,1H3. The number of nitro benzene ring substituents is 1. The SMILES string of the molecule is CCOC(=O)CS(=O)(=O)c1ccc(N)cc1.CCOC(=O)CS(=O)(=O)c1ccc([N+](=O)[O-])cc1. The van der Waals surface area contributed by atoms with Gasteiger partial charge in [0.2, 0.25) is 0 Å². The number of nitrogens with two attached hydrogens (primary N) is 1. The van der Waals surface area contributed by atoms with Gasteiger partial charge in [-0.2, -0.15) is 0 Å². The van der Waals surface area contributed by atoms with Crippen LogP contribution >= 0.6 is 0 Å². The fourth-order valence-corrected chi connectivity index (χ4v) is 4.55. The fourth-order valence-electron chi connectivity index (χ4n) is 2.33. The van der Waals surface area contributed by atoms with Gasteiger partial charge in [0, 0.05) is 17.8 Å². The lowest BCUT2D eigenvalue weighted by molar-refractivity contribution is -0.384. The van der Waals surface area contributed by atoms with Crippen LogP contribution in [0.25, 0.3) is 0 Å². The third kappa shape index (κ3) is 9.15. The molecule has 0 heterocycles. The van der Waals surface area contributed by atoms with E-state index in [9.17, 15) is 36.5 Å². The van der Waals surface area contributed by atoms with Gasteiger partial charge in [0.05, 0.1) is 27.9 Å². The number of sulfone groups is 2. The minimum absolute atomic E-state index is 0.0646. The number of hydrogen-bond donors (Lipinski definition) is 1. The Morgan fingerprint density at radius 3 is 1.47 bits per heavy atom. The van der Waals surface area contributed by atoms with Crippen molar-refractivity contribution < 1.29 is 40.8 Å². The van der Waals surface area contributed by atoms with Gasteiger partial charge in [-0.25, -0.2) is 16.8 Å². The van der Waals surface area contributed by atoms with Crippen molar-refractivity contribution in [1.29, 1.82) is 0 Å². The van der Waals surface area contributed by atoms with E-state index in [4.69, 9.17) is 5.73 Å². The summed E-state index contributed by atoms with van der Waals surface area (Å²) in [6, 6.07) is 9.99. The largest absolute Gasteiger partial charge is 0.465 e. The minimum atomic E-state index is -3.82. The molecule has 0 radical (unpaired) electrons. The van der Waals surface area contributed by atoms with Crippen LogP contribution in [0.4, 0.5) is 11.4 Å². The maximum atomic E-state index is 11.7. The molecule has 0 saturated heterocycles.